The van der Waals surface area contributed by atoms with Gasteiger partial charge in [0.2, 0.25) is 0 Å². The average molecular weight is 308 g/mol. The highest BCUT2D eigenvalue weighted by atomic mass is 35.5. The van der Waals surface area contributed by atoms with Gasteiger partial charge in [-0.15, -0.1) is 0 Å². The molecule has 1 aromatic carbocycles. The smallest absolute Gasteiger partial charge is 0.307 e. The number of benzene rings is 1. The van der Waals surface area contributed by atoms with Crippen LogP contribution in [-0.4, -0.2) is 16.1 Å². The zero-order valence-corrected chi connectivity index (χ0v) is 11.9. The lowest BCUT2D eigenvalue weighted by Gasteiger charge is -2.07. The summed E-state index contributed by atoms with van der Waals surface area (Å²) in [6.07, 6.45) is 4.10. The van der Waals surface area contributed by atoms with Gasteiger partial charge in [-0.2, -0.15) is 0 Å². The normalized spacial score (nSPS) is 20.7. The number of hydrogen-bond acceptors (Lipinski definition) is 2. The summed E-state index contributed by atoms with van der Waals surface area (Å²) in [7, 11) is 0. The fourth-order valence-electron chi connectivity index (χ4n) is 2.37. The van der Waals surface area contributed by atoms with Gasteiger partial charge >= 0.3 is 5.97 Å². The predicted octanol–water partition coefficient (Wildman–Crippen LogP) is 4.24. The van der Waals surface area contributed by atoms with Gasteiger partial charge in [0.15, 0.2) is 0 Å². The van der Waals surface area contributed by atoms with E-state index in [1.54, 1.807) is 18.5 Å². The molecule has 0 bridgehead atoms. The van der Waals surface area contributed by atoms with Crippen LogP contribution in [0, 0.1) is 5.92 Å². The highest BCUT2D eigenvalue weighted by Gasteiger charge is 2.44. The largest absolute Gasteiger partial charge is 0.481 e. The van der Waals surface area contributed by atoms with Crippen LogP contribution < -0.4 is 0 Å². The van der Waals surface area contributed by atoms with Crippen LogP contribution in [0.15, 0.2) is 36.7 Å². The third kappa shape index (κ3) is 2.39. The number of carbonyl (C=O) groups is 1. The Kier molecular flexibility index (Phi) is 3.40. The SMILES string of the molecule is O=C(O)C1CC1c1cncc(-c2cccc(Cl)c2Cl)c1. The Morgan fingerprint density at radius 1 is 1.30 bits per heavy atom. The standard InChI is InChI=1S/C15H11Cl2NO2/c16-13-3-1-2-10(14(13)17)8-4-9(7-18-6-8)11-5-12(11)15(19)20/h1-4,6-7,11-12H,5H2,(H,19,20). The van der Waals surface area contributed by atoms with Gasteiger partial charge in [0.1, 0.15) is 0 Å². The Morgan fingerprint density at radius 3 is 2.80 bits per heavy atom. The van der Waals surface area contributed by atoms with E-state index in [4.69, 9.17) is 28.3 Å². The lowest BCUT2D eigenvalue weighted by atomic mass is 10.0. The van der Waals surface area contributed by atoms with Crippen molar-refractivity contribution >= 4 is 29.2 Å². The van der Waals surface area contributed by atoms with Crippen LogP contribution in [0.3, 0.4) is 0 Å². The number of halogens is 2. The summed E-state index contributed by atoms with van der Waals surface area (Å²) < 4.78 is 0. The minimum absolute atomic E-state index is 0.0536. The molecule has 0 amide bonds. The van der Waals surface area contributed by atoms with E-state index in [9.17, 15) is 4.79 Å². The van der Waals surface area contributed by atoms with Crippen LogP contribution in [0.25, 0.3) is 11.1 Å². The third-order valence-electron chi connectivity index (χ3n) is 3.56. The highest BCUT2D eigenvalue weighted by molar-refractivity contribution is 6.43. The number of carboxylic acids is 1. The fourth-order valence-corrected chi connectivity index (χ4v) is 2.78. The van der Waals surface area contributed by atoms with E-state index < -0.39 is 5.97 Å². The van der Waals surface area contributed by atoms with Gasteiger partial charge in [-0.05, 0) is 30.0 Å². The first-order valence-corrected chi connectivity index (χ1v) is 6.95. The Hall–Kier alpha value is -1.58. The van der Waals surface area contributed by atoms with E-state index in [0.29, 0.717) is 16.5 Å². The molecule has 0 radical (unpaired) electrons. The summed E-state index contributed by atoms with van der Waals surface area (Å²) in [5.74, 6) is -0.985. The van der Waals surface area contributed by atoms with Gasteiger partial charge in [0.05, 0.1) is 16.0 Å². The number of aliphatic carboxylic acids is 1. The topological polar surface area (TPSA) is 50.2 Å². The molecule has 2 atom stereocenters. The molecule has 0 saturated heterocycles. The Morgan fingerprint density at radius 2 is 2.10 bits per heavy atom. The Labute approximate surface area is 126 Å². The molecule has 1 aromatic heterocycles. The van der Waals surface area contributed by atoms with Crippen LogP contribution in [-0.2, 0) is 4.79 Å². The fraction of sp³-hybridized carbons (Fsp3) is 0.200. The summed E-state index contributed by atoms with van der Waals surface area (Å²) in [5.41, 5.74) is 2.60. The molecular formula is C15H11Cl2NO2. The highest BCUT2D eigenvalue weighted by Crippen LogP contribution is 2.48. The van der Waals surface area contributed by atoms with Crippen molar-refractivity contribution in [1.29, 1.82) is 0 Å². The first kappa shape index (κ1) is 13.4. The molecule has 102 valence electrons. The maximum absolute atomic E-state index is 10.9. The van der Waals surface area contributed by atoms with Crippen LogP contribution in [0.5, 0.6) is 0 Å². The van der Waals surface area contributed by atoms with Crippen molar-refractivity contribution in [2.24, 2.45) is 5.92 Å². The quantitative estimate of drug-likeness (QED) is 0.922. The molecule has 1 saturated carbocycles. The zero-order chi connectivity index (χ0) is 14.3. The first-order valence-electron chi connectivity index (χ1n) is 6.20. The summed E-state index contributed by atoms with van der Waals surface area (Å²) in [6.45, 7) is 0. The van der Waals surface area contributed by atoms with Crippen molar-refractivity contribution < 1.29 is 9.90 Å². The van der Waals surface area contributed by atoms with Crippen molar-refractivity contribution in [3.8, 4) is 11.1 Å². The van der Waals surface area contributed by atoms with E-state index in [2.05, 4.69) is 4.98 Å². The molecule has 5 heteroatoms. The molecule has 3 nitrogen and oxygen atoms in total. The molecule has 1 fully saturated rings. The molecule has 1 heterocycles. The van der Waals surface area contributed by atoms with Crippen LogP contribution in [0.2, 0.25) is 10.0 Å². The van der Waals surface area contributed by atoms with E-state index in [0.717, 1.165) is 16.7 Å². The summed E-state index contributed by atoms with van der Waals surface area (Å²) in [4.78, 5) is 15.1. The molecule has 20 heavy (non-hydrogen) atoms. The summed E-state index contributed by atoms with van der Waals surface area (Å²) in [6, 6.07) is 7.37. The second-order valence-electron chi connectivity index (χ2n) is 4.90. The predicted molar refractivity (Wildman–Crippen MR) is 78.2 cm³/mol. The van der Waals surface area contributed by atoms with Crippen molar-refractivity contribution in [2.75, 3.05) is 0 Å². The van der Waals surface area contributed by atoms with E-state index in [1.807, 2.05) is 18.2 Å². The van der Waals surface area contributed by atoms with Crippen molar-refractivity contribution in [3.05, 3.63) is 52.3 Å². The van der Waals surface area contributed by atoms with Gasteiger partial charge in [-0.3, -0.25) is 9.78 Å². The monoisotopic (exact) mass is 307 g/mol. The van der Waals surface area contributed by atoms with Gasteiger partial charge in [-0.25, -0.2) is 0 Å². The molecular weight excluding hydrogens is 297 g/mol. The summed E-state index contributed by atoms with van der Waals surface area (Å²) >= 11 is 12.2. The number of aromatic nitrogens is 1. The molecule has 1 aliphatic rings. The molecule has 0 aliphatic heterocycles. The molecule has 2 aromatic rings. The minimum atomic E-state index is -0.749. The number of carboxylic acid groups (broad SMARTS) is 1. The lowest BCUT2D eigenvalue weighted by Crippen LogP contribution is -1.99. The second kappa shape index (κ2) is 5.08. The van der Waals surface area contributed by atoms with E-state index in [1.165, 1.54) is 0 Å². The Balaban J connectivity index is 1.96. The zero-order valence-electron chi connectivity index (χ0n) is 10.4. The van der Waals surface area contributed by atoms with Crippen molar-refractivity contribution in [3.63, 3.8) is 0 Å². The maximum atomic E-state index is 10.9. The van der Waals surface area contributed by atoms with Gasteiger partial charge in [0.25, 0.3) is 0 Å². The molecule has 2 unspecified atom stereocenters. The van der Waals surface area contributed by atoms with Crippen LogP contribution in [0.4, 0.5) is 0 Å². The number of hydrogen-bond donors (Lipinski definition) is 1. The first-order chi connectivity index (χ1) is 9.58. The number of rotatable bonds is 3. The van der Waals surface area contributed by atoms with Crippen molar-refractivity contribution in [1.82, 2.24) is 4.98 Å². The molecule has 1 N–H and O–H groups in total. The van der Waals surface area contributed by atoms with Gasteiger partial charge < -0.3 is 5.11 Å². The third-order valence-corrected chi connectivity index (χ3v) is 4.38. The van der Waals surface area contributed by atoms with Crippen LogP contribution in [0.1, 0.15) is 17.9 Å². The average Bonchev–Trinajstić information content (AvgIpc) is 3.22. The summed E-state index contributed by atoms with van der Waals surface area (Å²) in [5, 5.41) is 9.97. The minimum Gasteiger partial charge on any atom is -0.481 e. The number of nitrogens with zero attached hydrogens (tertiary/aromatic N) is 1. The molecule has 1 aliphatic carbocycles. The Bertz CT molecular complexity index is 687. The lowest BCUT2D eigenvalue weighted by molar-refractivity contribution is -0.138. The van der Waals surface area contributed by atoms with Gasteiger partial charge in [0, 0.05) is 23.5 Å². The number of pyridine rings is 1. The molecule has 0 spiro atoms. The van der Waals surface area contributed by atoms with Crippen molar-refractivity contribution in [2.45, 2.75) is 12.3 Å². The second-order valence-corrected chi connectivity index (χ2v) is 5.68. The van der Waals surface area contributed by atoms with Gasteiger partial charge in [-0.1, -0.05) is 35.3 Å². The van der Waals surface area contributed by atoms with Crippen LogP contribution >= 0.6 is 23.2 Å². The maximum Gasteiger partial charge on any atom is 0.307 e. The molecule has 3 rings (SSSR count). The van der Waals surface area contributed by atoms with E-state index in [-0.39, 0.29) is 11.8 Å². The van der Waals surface area contributed by atoms with E-state index >= 15 is 0 Å².